The summed E-state index contributed by atoms with van der Waals surface area (Å²) in [4.78, 5) is 0. The summed E-state index contributed by atoms with van der Waals surface area (Å²) in [5, 5.41) is 5.11. The lowest BCUT2D eigenvalue weighted by Crippen LogP contribution is -2.74. The minimum Gasteiger partial charge on any atom is -0.449 e. The maximum absolute atomic E-state index is 6.75. The molecule has 5 heteroatoms. The lowest BCUT2D eigenvalue weighted by atomic mass is 9.81. The Labute approximate surface area is 360 Å². The molecule has 0 aromatic heterocycles. The lowest BCUT2D eigenvalue weighted by molar-refractivity contribution is 0.360. The van der Waals surface area contributed by atoms with Gasteiger partial charge in [-0.25, -0.2) is 0 Å². The van der Waals surface area contributed by atoms with E-state index < -0.39 is 8.07 Å². The summed E-state index contributed by atoms with van der Waals surface area (Å²) >= 11 is 0. The van der Waals surface area contributed by atoms with E-state index in [1.165, 1.54) is 31.9 Å². The van der Waals surface area contributed by atoms with Crippen molar-refractivity contribution < 1.29 is 18.9 Å². The Bertz CT molecular complexity index is 2740. The van der Waals surface area contributed by atoms with Gasteiger partial charge in [-0.15, -0.1) is 0 Å². The van der Waals surface area contributed by atoms with Gasteiger partial charge in [0, 0.05) is 11.1 Å². The summed E-state index contributed by atoms with van der Waals surface area (Å²) in [7, 11) is -3.12. The zero-order chi connectivity index (χ0) is 41.9. The third-order valence-corrected chi connectivity index (χ3v) is 16.8. The molecule has 0 amide bonds. The topological polar surface area (TPSA) is 36.9 Å². The van der Waals surface area contributed by atoms with E-state index in [-0.39, 0.29) is 10.8 Å². The lowest BCUT2D eigenvalue weighted by Gasteiger charge is -2.37. The van der Waals surface area contributed by atoms with Crippen molar-refractivity contribution >= 4 is 28.8 Å². The summed E-state index contributed by atoms with van der Waals surface area (Å²) in [5.41, 5.74) is 6.36. The first-order valence-electron chi connectivity index (χ1n) is 21.1. The molecule has 10 rings (SSSR count). The van der Waals surface area contributed by atoms with E-state index in [0.717, 1.165) is 33.8 Å². The number of fused-ring (bicyclic) bond motifs is 4. The van der Waals surface area contributed by atoms with Crippen LogP contribution in [0.1, 0.15) is 52.7 Å². The van der Waals surface area contributed by atoms with E-state index in [1.54, 1.807) is 0 Å². The van der Waals surface area contributed by atoms with E-state index >= 15 is 0 Å². The van der Waals surface area contributed by atoms with Gasteiger partial charge in [0.25, 0.3) is 0 Å². The molecule has 300 valence electrons. The molecular weight excluding hydrogens is 765 g/mol. The van der Waals surface area contributed by atoms with Crippen molar-refractivity contribution in [3.8, 4) is 68.2 Å². The molecule has 2 heterocycles. The van der Waals surface area contributed by atoms with Gasteiger partial charge >= 0.3 is 0 Å². The molecule has 0 bridgehead atoms. The first-order valence-corrected chi connectivity index (χ1v) is 23.1. The molecule has 2 aliphatic heterocycles. The number of ether oxygens (including phenoxy) is 4. The van der Waals surface area contributed by atoms with Crippen LogP contribution in [0, 0.1) is 0 Å². The van der Waals surface area contributed by atoms with Crippen LogP contribution in [0.15, 0.2) is 182 Å². The van der Waals surface area contributed by atoms with Gasteiger partial charge in [0.15, 0.2) is 54.1 Å². The first kappa shape index (κ1) is 38.4. The predicted molar refractivity (Wildman–Crippen MR) is 252 cm³/mol. The van der Waals surface area contributed by atoms with Gasteiger partial charge in [-0.3, -0.25) is 0 Å². The summed E-state index contributed by atoms with van der Waals surface area (Å²) in [6, 6.07) is 64.9. The average Bonchev–Trinajstić information content (AvgIpc) is 3.27. The molecule has 8 aromatic carbocycles. The van der Waals surface area contributed by atoms with E-state index in [2.05, 4.69) is 163 Å². The van der Waals surface area contributed by atoms with Gasteiger partial charge in [0.1, 0.15) is 0 Å². The number of hydrogen-bond donors (Lipinski definition) is 0. The molecule has 0 N–H and O–H groups in total. The Balaban J connectivity index is 1.26. The standard InChI is InChI=1S/C56H48O4Si/c1-55(2,3)45-33-31-39(35-43(45)41-23-17-29-51-53(41)59-49-27-15-13-25-47(49)57-51)61(37-19-9-7-10-20-37,38-21-11-8-12-22-38)40-32-34-46(56(4,5)6)44(36-40)42-24-18-30-52-54(42)60-50-28-16-14-26-48(50)58-52/h7-36H,1-6H3. The number of benzene rings is 8. The van der Waals surface area contributed by atoms with Crippen molar-refractivity contribution in [2.45, 2.75) is 52.4 Å². The highest BCUT2D eigenvalue weighted by Gasteiger charge is 2.43. The summed E-state index contributed by atoms with van der Waals surface area (Å²) in [5.74, 6) is 5.71. The molecule has 4 nitrogen and oxygen atoms in total. The molecule has 0 fully saturated rings. The second kappa shape index (κ2) is 14.7. The largest absolute Gasteiger partial charge is 0.449 e. The number of hydrogen-bond acceptors (Lipinski definition) is 4. The van der Waals surface area contributed by atoms with Crippen LogP contribution in [-0.2, 0) is 10.8 Å². The SMILES string of the molecule is CC(C)(C)c1ccc([Si](c2ccccc2)(c2ccccc2)c2ccc(C(C)(C)C)c(-c3cccc4c3Oc3ccccc3O4)c2)cc1-c1cccc2c1Oc1ccccc1O2. The molecule has 0 spiro atoms. The molecule has 8 aromatic rings. The predicted octanol–water partition coefficient (Wildman–Crippen LogP) is 12.8. The minimum atomic E-state index is -3.12. The summed E-state index contributed by atoms with van der Waals surface area (Å²) in [6.45, 7) is 13.7. The fourth-order valence-corrected chi connectivity index (χ4v) is 14.0. The molecule has 0 saturated carbocycles. The van der Waals surface area contributed by atoms with Gasteiger partial charge in [0.2, 0.25) is 0 Å². The zero-order valence-electron chi connectivity index (χ0n) is 35.5. The van der Waals surface area contributed by atoms with Crippen LogP contribution in [0.25, 0.3) is 22.3 Å². The fourth-order valence-electron chi connectivity index (χ4n) is 9.21. The van der Waals surface area contributed by atoms with Crippen molar-refractivity contribution in [2.24, 2.45) is 0 Å². The molecular formula is C56H48O4Si. The molecule has 0 radical (unpaired) electrons. The van der Waals surface area contributed by atoms with E-state index in [9.17, 15) is 0 Å². The van der Waals surface area contributed by atoms with E-state index in [1.807, 2.05) is 60.7 Å². The molecule has 61 heavy (non-hydrogen) atoms. The van der Waals surface area contributed by atoms with Crippen LogP contribution in [0.4, 0.5) is 0 Å². The maximum atomic E-state index is 6.75. The van der Waals surface area contributed by atoms with Crippen molar-refractivity contribution in [2.75, 3.05) is 0 Å². The van der Waals surface area contributed by atoms with Gasteiger partial charge in [-0.05, 0) is 90.2 Å². The van der Waals surface area contributed by atoms with Crippen molar-refractivity contribution in [1.29, 1.82) is 0 Å². The zero-order valence-corrected chi connectivity index (χ0v) is 36.5. The van der Waals surface area contributed by atoms with Crippen molar-refractivity contribution in [3.63, 3.8) is 0 Å². The van der Waals surface area contributed by atoms with Crippen LogP contribution < -0.4 is 39.7 Å². The van der Waals surface area contributed by atoms with Crippen LogP contribution in [0.2, 0.25) is 0 Å². The Morgan fingerprint density at radius 3 is 1.02 bits per heavy atom. The maximum Gasteiger partial charge on any atom is 0.179 e. The van der Waals surface area contributed by atoms with Gasteiger partial charge in [-0.2, -0.15) is 0 Å². The third kappa shape index (κ3) is 6.61. The third-order valence-electron chi connectivity index (χ3n) is 12.0. The molecule has 0 atom stereocenters. The molecule has 0 saturated heterocycles. The van der Waals surface area contributed by atoms with Gasteiger partial charge in [-0.1, -0.05) is 187 Å². The van der Waals surface area contributed by atoms with Crippen LogP contribution >= 0.6 is 0 Å². The smallest absolute Gasteiger partial charge is 0.179 e. The molecule has 0 unspecified atom stereocenters. The first-order chi connectivity index (χ1) is 29.5. The van der Waals surface area contributed by atoms with Crippen LogP contribution in [0.3, 0.4) is 0 Å². The molecule has 0 aliphatic carbocycles. The Morgan fingerprint density at radius 1 is 0.295 bits per heavy atom. The number of rotatable bonds is 6. The van der Waals surface area contributed by atoms with Gasteiger partial charge in [0.05, 0.1) is 0 Å². The highest BCUT2D eigenvalue weighted by atomic mass is 28.3. The second-order valence-corrected chi connectivity index (χ2v) is 21.9. The highest BCUT2D eigenvalue weighted by molar-refractivity contribution is 7.20. The van der Waals surface area contributed by atoms with E-state index in [0.29, 0.717) is 34.5 Å². The summed E-state index contributed by atoms with van der Waals surface area (Å²) < 4.78 is 26.5. The molecule has 2 aliphatic rings. The summed E-state index contributed by atoms with van der Waals surface area (Å²) in [6.07, 6.45) is 0. The number of para-hydroxylation sites is 6. The average molecular weight is 813 g/mol. The van der Waals surface area contributed by atoms with Crippen molar-refractivity contribution in [1.82, 2.24) is 0 Å². The Hall–Kier alpha value is -6.82. The normalized spacial score (nSPS) is 13.0. The van der Waals surface area contributed by atoms with E-state index in [4.69, 9.17) is 18.9 Å². The fraction of sp³-hybridized carbons (Fsp3) is 0.143. The highest BCUT2D eigenvalue weighted by Crippen LogP contribution is 2.52. The van der Waals surface area contributed by atoms with Crippen LogP contribution in [-0.4, -0.2) is 8.07 Å². The Morgan fingerprint density at radius 2 is 0.639 bits per heavy atom. The second-order valence-electron chi connectivity index (χ2n) is 18.1. The van der Waals surface area contributed by atoms with Crippen molar-refractivity contribution in [3.05, 3.63) is 193 Å². The quantitative estimate of drug-likeness (QED) is 0.124. The minimum absolute atomic E-state index is 0.178. The van der Waals surface area contributed by atoms with Gasteiger partial charge < -0.3 is 18.9 Å². The monoisotopic (exact) mass is 812 g/mol. The van der Waals surface area contributed by atoms with Crippen LogP contribution in [0.5, 0.6) is 46.0 Å². The Kier molecular flexibility index (Phi) is 9.26.